The highest BCUT2D eigenvalue weighted by atomic mass is 127. The zero-order valence-electron chi connectivity index (χ0n) is 30.5. The summed E-state index contributed by atoms with van der Waals surface area (Å²) >= 11 is 4.30. The number of halogens is 7. The fraction of sp³-hybridized carbons (Fsp3) is 0.190. The molecule has 0 unspecified atom stereocenters. The minimum absolute atomic E-state index is 0.0140. The monoisotopic (exact) mass is 1010 g/mol. The average molecular weight is 1010 g/mol. The minimum atomic E-state index is -1.19. The molecule has 15 heteroatoms. The van der Waals surface area contributed by atoms with Crippen LogP contribution in [0.5, 0.6) is 0 Å². The molecule has 2 amide bonds. The lowest BCUT2D eigenvalue weighted by Gasteiger charge is -2.16. The summed E-state index contributed by atoms with van der Waals surface area (Å²) in [5.74, 6) is -1.15. The van der Waals surface area contributed by atoms with Crippen LogP contribution in [-0.4, -0.2) is 24.5 Å². The topological polar surface area (TPSA) is 101 Å². The first kappa shape index (κ1) is 43.4. The number of carbonyl (C=O) groups is 2. The van der Waals surface area contributed by atoms with Crippen molar-refractivity contribution in [3.8, 4) is 11.8 Å². The largest absolute Gasteiger partial charge is 0.352 e. The van der Waals surface area contributed by atoms with Gasteiger partial charge >= 0.3 is 0 Å². The Bertz CT molecular complexity index is 2330. The maximum absolute atomic E-state index is 14.5. The molecule has 1 fully saturated rings. The third kappa shape index (κ3) is 11.9. The summed E-state index contributed by atoms with van der Waals surface area (Å²) < 4.78 is 71.9. The summed E-state index contributed by atoms with van der Waals surface area (Å²) in [6, 6.07) is 21.0. The Morgan fingerprint density at radius 3 is 1.70 bits per heavy atom. The van der Waals surface area contributed by atoms with Crippen LogP contribution in [0.25, 0.3) is 0 Å². The molecule has 0 spiro atoms. The lowest BCUT2D eigenvalue weighted by Crippen LogP contribution is -2.29. The smallest absolute Gasteiger partial charge is 0.277 e. The molecule has 8 nitrogen and oxygen atoms in total. The first-order valence-electron chi connectivity index (χ1n) is 17.5. The number of hydroxylamine groups is 2. The number of anilines is 4. The normalized spacial score (nSPS) is 12.2. The lowest BCUT2D eigenvalue weighted by molar-refractivity contribution is -0.0124. The van der Waals surface area contributed by atoms with Gasteiger partial charge in [-0.3, -0.25) is 19.3 Å². The van der Waals surface area contributed by atoms with Crippen LogP contribution in [0.15, 0.2) is 84.9 Å². The predicted molar refractivity (Wildman–Crippen MR) is 225 cm³/mol. The molecule has 0 bridgehead atoms. The van der Waals surface area contributed by atoms with Gasteiger partial charge in [-0.1, -0.05) is 36.8 Å². The summed E-state index contributed by atoms with van der Waals surface area (Å²) in [5.41, 5.74) is 6.77. The van der Waals surface area contributed by atoms with Gasteiger partial charge in [0.2, 0.25) is 0 Å². The van der Waals surface area contributed by atoms with Crippen molar-refractivity contribution in [2.45, 2.75) is 45.6 Å². The van der Waals surface area contributed by atoms with E-state index < -0.39 is 40.9 Å². The molecule has 0 saturated heterocycles. The van der Waals surface area contributed by atoms with E-state index in [-0.39, 0.29) is 40.8 Å². The van der Waals surface area contributed by atoms with Crippen molar-refractivity contribution in [2.24, 2.45) is 0 Å². The van der Waals surface area contributed by atoms with Crippen molar-refractivity contribution < 1.29 is 41.2 Å². The van der Waals surface area contributed by atoms with Crippen molar-refractivity contribution in [2.75, 3.05) is 17.2 Å². The third-order valence-electron chi connectivity index (χ3n) is 8.60. The number of nitrogens with one attached hydrogen (secondary N) is 4. The number of amides is 2. The molecule has 1 aliphatic carbocycles. The summed E-state index contributed by atoms with van der Waals surface area (Å²) in [5, 5.41) is 5.63. The average Bonchev–Trinajstić information content (AvgIpc) is 3.71. The van der Waals surface area contributed by atoms with Gasteiger partial charge in [0.1, 0.15) is 12.4 Å². The van der Waals surface area contributed by atoms with Crippen LogP contribution in [0.1, 0.15) is 63.1 Å². The zero-order chi connectivity index (χ0) is 41.1. The summed E-state index contributed by atoms with van der Waals surface area (Å²) in [7, 11) is 0. The second kappa shape index (κ2) is 20.6. The quantitative estimate of drug-likeness (QED) is 0.0366. The van der Waals surface area contributed by atoms with Crippen LogP contribution in [0, 0.1) is 61.9 Å². The van der Waals surface area contributed by atoms with Crippen molar-refractivity contribution in [1.82, 2.24) is 11.0 Å². The maximum Gasteiger partial charge on any atom is 0.277 e. The molecule has 6 rings (SSSR count). The number of aryl methyl sites for hydroxylation is 2. The van der Waals surface area contributed by atoms with Crippen LogP contribution in [0.3, 0.4) is 0 Å². The van der Waals surface area contributed by atoms with Crippen LogP contribution in [0.4, 0.5) is 44.7 Å². The molecule has 0 aromatic heterocycles. The van der Waals surface area contributed by atoms with Crippen LogP contribution in [0.2, 0.25) is 0 Å². The highest BCUT2D eigenvalue weighted by Crippen LogP contribution is 2.31. The Balaban J connectivity index is 0.000000221. The van der Waals surface area contributed by atoms with Crippen molar-refractivity contribution in [1.29, 1.82) is 0 Å². The summed E-state index contributed by atoms with van der Waals surface area (Å²) in [4.78, 5) is 35.3. The molecule has 57 heavy (non-hydrogen) atoms. The van der Waals surface area contributed by atoms with Gasteiger partial charge in [0.25, 0.3) is 11.8 Å². The van der Waals surface area contributed by atoms with E-state index in [1.54, 1.807) is 37.3 Å². The highest BCUT2D eigenvalue weighted by Gasteiger charge is 2.23. The van der Waals surface area contributed by atoms with Gasteiger partial charge in [0.15, 0.2) is 23.3 Å². The van der Waals surface area contributed by atoms with E-state index in [2.05, 4.69) is 78.6 Å². The van der Waals surface area contributed by atoms with E-state index in [1.807, 2.05) is 25.1 Å². The number of hydrogen-bond acceptors (Lipinski definition) is 6. The molecule has 296 valence electrons. The summed E-state index contributed by atoms with van der Waals surface area (Å²) in [6.45, 7) is 3.42. The Morgan fingerprint density at radius 2 is 1.19 bits per heavy atom. The maximum atomic E-state index is 14.5. The van der Waals surface area contributed by atoms with E-state index in [4.69, 9.17) is 9.68 Å². The van der Waals surface area contributed by atoms with Crippen molar-refractivity contribution in [3.63, 3.8) is 0 Å². The van der Waals surface area contributed by atoms with E-state index in [1.165, 1.54) is 18.2 Å². The first-order valence-corrected chi connectivity index (χ1v) is 19.6. The van der Waals surface area contributed by atoms with E-state index >= 15 is 0 Å². The molecular formula is C42H35F5I2N4O4. The minimum Gasteiger partial charge on any atom is -0.352 e. The molecule has 1 saturated carbocycles. The second-order valence-corrected chi connectivity index (χ2v) is 15.2. The molecular weight excluding hydrogens is 973 g/mol. The molecule has 4 N–H and O–H groups in total. The third-order valence-corrected chi connectivity index (χ3v) is 9.94. The van der Waals surface area contributed by atoms with E-state index in [0.717, 1.165) is 62.1 Å². The van der Waals surface area contributed by atoms with Gasteiger partial charge in [-0.2, -0.15) is 0 Å². The standard InChI is InChI=1S/C23H16F3IN2O2.C19H19F2IN2O2/c1-14-13-16(27)8-11-20(14)28-22-17(9-10-19(25)21(22)26)23(30)29-31-12-4-6-15-5-2-3-7-18(15)24;1-11-10-12(22)6-9-16(11)23-18-14(7-8-15(20)17(18)21)19(25)24-26-13-4-2-3-5-13/h2-3,5,7-11,13,28H,12H2,1H3,(H,29,30);6-10,13,23H,2-5H2,1H3,(H,24,25). The van der Waals surface area contributed by atoms with Gasteiger partial charge in [-0.25, -0.2) is 32.9 Å². The van der Waals surface area contributed by atoms with Crippen molar-refractivity contribution >= 4 is 79.7 Å². The van der Waals surface area contributed by atoms with Crippen LogP contribution in [-0.2, 0) is 9.68 Å². The SMILES string of the molecule is Cc1cc(I)ccc1Nc1c(C(=O)NOC2CCCC2)ccc(F)c1F.Cc1cc(I)ccc1Nc1c(C(=O)NOCC#Cc2ccccc2F)ccc(F)c1F. The second-order valence-electron chi connectivity index (χ2n) is 12.7. The highest BCUT2D eigenvalue weighted by molar-refractivity contribution is 14.1. The van der Waals surface area contributed by atoms with Crippen LogP contribution < -0.4 is 21.6 Å². The molecule has 5 aromatic rings. The van der Waals surface area contributed by atoms with Crippen LogP contribution >= 0.6 is 45.2 Å². The van der Waals surface area contributed by atoms with Gasteiger partial charge in [0, 0.05) is 18.5 Å². The first-order chi connectivity index (χ1) is 27.3. The Hall–Kier alpha value is -4.77. The molecule has 0 atom stereocenters. The Morgan fingerprint density at radius 1 is 0.684 bits per heavy atom. The van der Waals surface area contributed by atoms with Crippen molar-refractivity contribution in [3.05, 3.63) is 149 Å². The lowest BCUT2D eigenvalue weighted by atomic mass is 10.1. The molecule has 0 heterocycles. The molecule has 0 aliphatic heterocycles. The van der Waals surface area contributed by atoms with E-state index in [9.17, 15) is 31.5 Å². The van der Waals surface area contributed by atoms with Gasteiger partial charge in [-0.15, -0.1) is 0 Å². The number of hydrogen-bond donors (Lipinski definition) is 4. The molecule has 1 aliphatic rings. The fourth-order valence-electron chi connectivity index (χ4n) is 5.61. The van der Waals surface area contributed by atoms with Gasteiger partial charge in [-0.05, 0) is 156 Å². The fourth-order valence-corrected chi connectivity index (χ4v) is 6.91. The predicted octanol–water partition coefficient (Wildman–Crippen LogP) is 10.7. The number of rotatable bonds is 10. The zero-order valence-corrected chi connectivity index (χ0v) is 34.8. The Kier molecular flexibility index (Phi) is 15.7. The Labute approximate surface area is 353 Å². The van der Waals surface area contributed by atoms with E-state index in [0.29, 0.717) is 11.4 Å². The van der Waals surface area contributed by atoms with Gasteiger partial charge < -0.3 is 10.6 Å². The number of benzene rings is 5. The number of carbonyl (C=O) groups excluding carboxylic acids is 2. The molecule has 0 radical (unpaired) electrons. The van der Waals surface area contributed by atoms with Gasteiger partial charge in [0.05, 0.1) is 34.2 Å². The molecule has 5 aromatic carbocycles. The summed E-state index contributed by atoms with van der Waals surface area (Å²) in [6.07, 6.45) is 3.85.